The van der Waals surface area contributed by atoms with Gasteiger partial charge in [-0.1, -0.05) is 66.2 Å². The van der Waals surface area contributed by atoms with Gasteiger partial charge in [0.25, 0.3) is 11.8 Å². The number of nitrogens with one attached hydrogen (secondary N) is 1. The Bertz CT molecular complexity index is 1860. The third kappa shape index (κ3) is 6.79. The van der Waals surface area contributed by atoms with Crippen LogP contribution in [-0.2, 0) is 15.5 Å². The third-order valence-electron chi connectivity index (χ3n) is 10.2. The summed E-state index contributed by atoms with van der Waals surface area (Å²) in [6, 6.07) is 19.7. The monoisotopic (exact) mass is 685 g/mol. The van der Waals surface area contributed by atoms with Crippen LogP contribution in [0.3, 0.4) is 0 Å². The Balaban J connectivity index is 1.15. The zero-order chi connectivity index (χ0) is 34.3. The Hall–Kier alpha value is -4.34. The number of hydrogen-bond donors (Lipinski definition) is 2. The maximum Gasteiger partial charge on any atom is 0.302 e. The molecule has 3 N–H and O–H groups in total. The fourth-order valence-corrected chi connectivity index (χ4v) is 7.82. The number of hydrogen-bond acceptors (Lipinski definition) is 5. The van der Waals surface area contributed by atoms with Gasteiger partial charge in [-0.05, 0) is 104 Å². The van der Waals surface area contributed by atoms with Crippen LogP contribution in [0.25, 0.3) is 21.9 Å². The molecule has 4 aromatic carbocycles. The SMILES string of the molecule is NC1CC2CCC(C1)N2C(=O)C(NC(=O)C(=O)c1ccc2cc(OC3CCCC3)ccc2c1)C(F)(F)c1ccc(-c2ccc(Cl)cc2)cc1. The molecule has 7 nitrogen and oxygen atoms in total. The van der Waals surface area contributed by atoms with Crippen molar-refractivity contribution in [3.63, 3.8) is 0 Å². The predicted octanol–water partition coefficient (Wildman–Crippen LogP) is 7.42. The van der Waals surface area contributed by atoms with Gasteiger partial charge in [0.2, 0.25) is 5.78 Å². The van der Waals surface area contributed by atoms with Gasteiger partial charge in [0, 0.05) is 34.3 Å². The predicted molar refractivity (Wildman–Crippen MR) is 185 cm³/mol. The van der Waals surface area contributed by atoms with Crippen LogP contribution >= 0.6 is 11.6 Å². The minimum absolute atomic E-state index is 0.0281. The first-order valence-electron chi connectivity index (χ1n) is 16.9. The average Bonchev–Trinajstić information content (AvgIpc) is 3.71. The first-order valence-corrected chi connectivity index (χ1v) is 17.3. The van der Waals surface area contributed by atoms with Gasteiger partial charge in [0.05, 0.1) is 6.10 Å². The molecule has 0 aromatic heterocycles. The van der Waals surface area contributed by atoms with E-state index in [1.165, 1.54) is 35.2 Å². The lowest BCUT2D eigenvalue weighted by molar-refractivity contribution is -0.152. The number of nitrogens with two attached hydrogens (primary N) is 1. The van der Waals surface area contributed by atoms with Gasteiger partial charge >= 0.3 is 5.92 Å². The molecule has 3 unspecified atom stereocenters. The summed E-state index contributed by atoms with van der Waals surface area (Å²) in [5, 5.41) is 4.24. The van der Waals surface area contributed by atoms with Crippen molar-refractivity contribution >= 4 is 40.0 Å². The summed E-state index contributed by atoms with van der Waals surface area (Å²) in [6.45, 7) is 0. The van der Waals surface area contributed by atoms with Crippen LogP contribution in [0.4, 0.5) is 8.78 Å². The van der Waals surface area contributed by atoms with Crippen molar-refractivity contribution in [2.24, 2.45) is 5.73 Å². The van der Waals surface area contributed by atoms with Crippen molar-refractivity contribution in [2.45, 2.75) is 87.6 Å². The summed E-state index contributed by atoms with van der Waals surface area (Å²) in [4.78, 5) is 42.5. The van der Waals surface area contributed by atoms with Crippen LogP contribution in [0.15, 0.2) is 84.9 Å². The van der Waals surface area contributed by atoms with E-state index in [-0.39, 0.29) is 29.8 Å². The van der Waals surface area contributed by atoms with E-state index in [4.69, 9.17) is 22.1 Å². The van der Waals surface area contributed by atoms with Crippen LogP contribution in [0, 0.1) is 0 Å². The van der Waals surface area contributed by atoms with E-state index in [1.54, 1.807) is 42.5 Å². The number of fused-ring (bicyclic) bond motifs is 3. The second-order valence-corrected chi connectivity index (χ2v) is 14.0. The standard InChI is InChI=1S/C39H38ClF2N3O4/c40-29-14-9-24(10-15-29)23-7-12-28(13-8-23)39(41,42)36(38(48)45-31-16-17-32(45)22-30(43)21-31)44-37(47)35(46)27-6-5-26-20-34(18-11-25(26)19-27)49-33-3-1-2-4-33/h5-15,18-20,30-33,36H,1-4,16-17,21-22,43H2,(H,44,47). The number of carbonyl (C=O) groups is 3. The maximum atomic E-state index is 16.6. The minimum Gasteiger partial charge on any atom is -0.490 e. The molecule has 0 spiro atoms. The number of ether oxygens (including phenoxy) is 1. The largest absolute Gasteiger partial charge is 0.490 e. The molecule has 3 atom stereocenters. The van der Waals surface area contributed by atoms with E-state index < -0.39 is 35.1 Å². The molecule has 2 bridgehead atoms. The lowest BCUT2D eigenvalue weighted by atomic mass is 9.93. The molecule has 0 radical (unpaired) electrons. The minimum atomic E-state index is -3.84. The van der Waals surface area contributed by atoms with E-state index in [2.05, 4.69) is 5.32 Å². The lowest BCUT2D eigenvalue weighted by Crippen LogP contribution is -2.61. The molecule has 3 fully saturated rings. The summed E-state index contributed by atoms with van der Waals surface area (Å²) in [5.74, 6) is -6.32. The zero-order valence-electron chi connectivity index (χ0n) is 26.9. The second-order valence-electron chi connectivity index (χ2n) is 13.6. The highest BCUT2D eigenvalue weighted by Crippen LogP contribution is 2.40. The number of amides is 2. The number of ketones is 1. The Kier molecular flexibility index (Phi) is 9.15. The molecular weight excluding hydrogens is 648 g/mol. The summed E-state index contributed by atoms with van der Waals surface area (Å²) in [7, 11) is 0. The maximum absolute atomic E-state index is 16.6. The topological polar surface area (TPSA) is 102 Å². The number of halogens is 3. The number of piperidine rings is 1. The molecule has 1 aliphatic carbocycles. The normalized spacial score (nSPS) is 21.5. The number of rotatable bonds is 9. The van der Waals surface area contributed by atoms with Gasteiger partial charge in [-0.2, -0.15) is 8.78 Å². The van der Waals surface area contributed by atoms with Gasteiger partial charge in [-0.25, -0.2) is 0 Å². The van der Waals surface area contributed by atoms with Crippen LogP contribution in [0.5, 0.6) is 5.75 Å². The second kappa shape index (κ2) is 13.5. The van der Waals surface area contributed by atoms with Gasteiger partial charge in [-0.15, -0.1) is 0 Å². The van der Waals surface area contributed by atoms with Gasteiger partial charge in [0.1, 0.15) is 5.75 Å². The molecule has 7 rings (SSSR count). The Morgan fingerprint density at radius 3 is 2.06 bits per heavy atom. The van der Waals surface area contributed by atoms with Crippen LogP contribution in [0.2, 0.25) is 5.02 Å². The molecule has 2 aliphatic heterocycles. The smallest absolute Gasteiger partial charge is 0.302 e. The van der Waals surface area contributed by atoms with Crippen LogP contribution in [-0.4, -0.2) is 52.8 Å². The first-order chi connectivity index (χ1) is 23.6. The Morgan fingerprint density at radius 2 is 1.41 bits per heavy atom. The number of benzene rings is 4. The molecule has 1 saturated carbocycles. The van der Waals surface area contributed by atoms with E-state index in [0.717, 1.165) is 42.4 Å². The van der Waals surface area contributed by atoms with E-state index in [1.807, 2.05) is 12.1 Å². The van der Waals surface area contributed by atoms with Crippen LogP contribution in [0.1, 0.15) is 67.3 Å². The highest BCUT2D eigenvalue weighted by atomic mass is 35.5. The van der Waals surface area contributed by atoms with Crippen molar-refractivity contribution in [3.05, 3.63) is 101 Å². The zero-order valence-corrected chi connectivity index (χ0v) is 27.7. The number of nitrogens with zero attached hydrogens (tertiary/aromatic N) is 1. The summed E-state index contributed by atoms with van der Waals surface area (Å²) < 4.78 is 39.2. The quantitative estimate of drug-likeness (QED) is 0.141. The number of carbonyl (C=O) groups excluding carboxylic acids is 3. The van der Waals surface area contributed by atoms with E-state index in [9.17, 15) is 14.4 Å². The van der Waals surface area contributed by atoms with E-state index >= 15 is 8.78 Å². The number of alkyl halides is 2. The summed E-state index contributed by atoms with van der Waals surface area (Å²) in [6.07, 6.45) is 6.80. The summed E-state index contributed by atoms with van der Waals surface area (Å²) in [5.41, 5.74) is 7.22. The molecule has 2 saturated heterocycles. The van der Waals surface area contributed by atoms with E-state index in [0.29, 0.717) is 41.7 Å². The van der Waals surface area contributed by atoms with Gasteiger partial charge in [-0.3, -0.25) is 14.4 Å². The molecule has 4 aromatic rings. The Morgan fingerprint density at radius 1 is 0.816 bits per heavy atom. The van der Waals surface area contributed by atoms with Crippen molar-refractivity contribution in [2.75, 3.05) is 0 Å². The van der Waals surface area contributed by atoms with Crippen molar-refractivity contribution < 1.29 is 27.9 Å². The molecule has 10 heteroatoms. The lowest BCUT2D eigenvalue weighted by Gasteiger charge is -2.41. The molecule has 49 heavy (non-hydrogen) atoms. The van der Waals surface area contributed by atoms with Gasteiger partial charge in [0.15, 0.2) is 6.04 Å². The van der Waals surface area contributed by atoms with Crippen LogP contribution < -0.4 is 15.8 Å². The molecule has 254 valence electrons. The first kappa shape index (κ1) is 33.2. The molecule has 2 heterocycles. The highest BCUT2D eigenvalue weighted by Gasteiger charge is 2.53. The van der Waals surface area contributed by atoms with Crippen molar-refractivity contribution in [3.8, 4) is 16.9 Å². The summed E-state index contributed by atoms with van der Waals surface area (Å²) >= 11 is 6.00. The molecule has 2 amide bonds. The third-order valence-corrected chi connectivity index (χ3v) is 10.5. The number of Topliss-reactive ketones (excluding diaryl/α,β-unsaturated/α-hetero) is 1. The molecule has 3 aliphatic rings. The fraction of sp³-hybridized carbons (Fsp3) is 0.359. The average molecular weight is 686 g/mol. The fourth-order valence-electron chi connectivity index (χ4n) is 7.69. The van der Waals surface area contributed by atoms with Crippen molar-refractivity contribution in [1.82, 2.24) is 10.2 Å². The van der Waals surface area contributed by atoms with Crippen molar-refractivity contribution in [1.29, 1.82) is 0 Å². The highest BCUT2D eigenvalue weighted by molar-refractivity contribution is 6.43. The van der Waals surface area contributed by atoms with Gasteiger partial charge < -0.3 is 20.7 Å². The molecular formula is C39H38ClF2N3O4. The Labute approximate surface area is 288 Å².